The molecule has 8 nitrogen and oxygen atoms in total. The number of rotatable bonds is 5. The summed E-state index contributed by atoms with van der Waals surface area (Å²) in [5.74, 6) is 0.854. The fraction of sp³-hybridized carbons (Fsp3) is 0.571. The van der Waals surface area contributed by atoms with Gasteiger partial charge >= 0.3 is 0 Å². The molecule has 0 bridgehead atoms. The van der Waals surface area contributed by atoms with Gasteiger partial charge in [0, 0.05) is 51.9 Å². The van der Waals surface area contributed by atoms with Crippen molar-refractivity contribution in [3.63, 3.8) is 0 Å². The van der Waals surface area contributed by atoms with Crippen LogP contribution in [0.3, 0.4) is 0 Å². The molecule has 1 aromatic rings. The summed E-state index contributed by atoms with van der Waals surface area (Å²) in [5, 5.41) is 5.98. The van der Waals surface area contributed by atoms with E-state index in [1.54, 1.807) is 13.1 Å². The van der Waals surface area contributed by atoms with Gasteiger partial charge in [0.2, 0.25) is 0 Å². The zero-order chi connectivity index (χ0) is 20.6. The topological polar surface area (TPSA) is 86.3 Å². The third-order valence-electron chi connectivity index (χ3n) is 5.26. The van der Waals surface area contributed by atoms with E-state index in [0.717, 1.165) is 44.0 Å². The summed E-state index contributed by atoms with van der Waals surface area (Å²) >= 11 is 0. The molecule has 2 N–H and O–H groups in total. The summed E-state index contributed by atoms with van der Waals surface area (Å²) in [7, 11) is 1.62. The molecule has 1 aromatic carbocycles. The van der Waals surface area contributed by atoms with Crippen molar-refractivity contribution in [2.75, 3.05) is 46.4 Å². The van der Waals surface area contributed by atoms with Gasteiger partial charge in [0.1, 0.15) is 6.10 Å². The Balaban J connectivity index is 0.00000320. The van der Waals surface area contributed by atoms with Crippen molar-refractivity contribution in [3.05, 3.63) is 35.4 Å². The van der Waals surface area contributed by atoms with E-state index < -0.39 is 0 Å². The molecule has 2 aliphatic rings. The van der Waals surface area contributed by atoms with E-state index in [-0.39, 0.29) is 41.9 Å². The number of ether oxygens (including phenoxy) is 1. The number of benzene rings is 1. The van der Waals surface area contributed by atoms with Gasteiger partial charge in [-0.1, -0.05) is 12.1 Å². The van der Waals surface area contributed by atoms with Crippen molar-refractivity contribution in [1.82, 2.24) is 20.4 Å². The molecule has 0 aromatic heterocycles. The summed E-state index contributed by atoms with van der Waals surface area (Å²) in [4.78, 5) is 33.2. The maximum Gasteiger partial charge on any atom is 0.251 e. The smallest absolute Gasteiger partial charge is 0.251 e. The number of hydrogen-bond acceptors (Lipinski definition) is 4. The molecule has 3 rings (SSSR count). The maximum atomic E-state index is 12.5. The van der Waals surface area contributed by atoms with Crippen LogP contribution in [-0.4, -0.2) is 80.1 Å². The largest absolute Gasteiger partial charge is 0.368 e. The molecular weight excluding hydrogens is 497 g/mol. The number of carbonyl (C=O) groups is 2. The number of amides is 2. The van der Waals surface area contributed by atoms with Gasteiger partial charge in [-0.15, -0.1) is 24.0 Å². The molecule has 2 saturated heterocycles. The SMILES string of the molecule is CCNC(=NCc1cccc(C(=O)NC)c1)N1CCN(C(=O)C2CCCO2)CC1.I. The Hall–Kier alpha value is -1.88. The molecular formula is C21H32IN5O3. The fourth-order valence-corrected chi connectivity index (χ4v) is 3.66. The van der Waals surface area contributed by atoms with E-state index in [1.807, 2.05) is 30.0 Å². The lowest BCUT2D eigenvalue weighted by atomic mass is 10.1. The molecule has 1 unspecified atom stereocenters. The van der Waals surface area contributed by atoms with E-state index in [0.29, 0.717) is 31.8 Å². The Morgan fingerprint density at radius 1 is 1.20 bits per heavy atom. The number of halogens is 1. The van der Waals surface area contributed by atoms with Crippen LogP contribution in [0.1, 0.15) is 35.7 Å². The van der Waals surface area contributed by atoms with E-state index in [2.05, 4.69) is 15.5 Å². The number of carbonyl (C=O) groups excluding carboxylic acids is 2. The Morgan fingerprint density at radius 2 is 1.93 bits per heavy atom. The van der Waals surface area contributed by atoms with Crippen molar-refractivity contribution in [3.8, 4) is 0 Å². The van der Waals surface area contributed by atoms with Gasteiger partial charge in [0.05, 0.1) is 6.54 Å². The molecule has 0 spiro atoms. The number of aliphatic imine (C=N–C) groups is 1. The second kappa shape index (κ2) is 12.1. The fourth-order valence-electron chi connectivity index (χ4n) is 3.66. The summed E-state index contributed by atoms with van der Waals surface area (Å²) < 4.78 is 5.53. The summed E-state index contributed by atoms with van der Waals surface area (Å²) in [5.41, 5.74) is 1.61. The lowest BCUT2D eigenvalue weighted by Gasteiger charge is -2.37. The molecule has 166 valence electrons. The predicted octanol–water partition coefficient (Wildman–Crippen LogP) is 1.45. The monoisotopic (exact) mass is 529 g/mol. The Morgan fingerprint density at radius 3 is 2.57 bits per heavy atom. The first-order valence-electron chi connectivity index (χ1n) is 10.4. The van der Waals surface area contributed by atoms with Crippen molar-refractivity contribution >= 4 is 41.8 Å². The molecule has 0 radical (unpaired) electrons. The molecule has 1 atom stereocenters. The van der Waals surface area contributed by atoms with Gasteiger partial charge in [-0.25, -0.2) is 4.99 Å². The summed E-state index contributed by atoms with van der Waals surface area (Å²) in [6.45, 7) is 6.82. The second-order valence-corrected chi connectivity index (χ2v) is 7.26. The van der Waals surface area contributed by atoms with Crippen molar-refractivity contribution < 1.29 is 14.3 Å². The van der Waals surface area contributed by atoms with E-state index in [9.17, 15) is 9.59 Å². The maximum absolute atomic E-state index is 12.5. The molecule has 2 fully saturated rings. The van der Waals surface area contributed by atoms with Crippen LogP contribution in [0.25, 0.3) is 0 Å². The standard InChI is InChI=1S/C21H31N5O3.HI/c1-3-23-21(24-15-16-6-4-7-17(14-16)19(27)22-2)26-11-9-25(10-12-26)20(28)18-8-5-13-29-18;/h4,6-7,14,18H,3,5,8-13,15H2,1-2H3,(H,22,27)(H,23,24);1H. The minimum Gasteiger partial charge on any atom is -0.368 e. The van der Waals surface area contributed by atoms with Crippen LogP contribution in [-0.2, 0) is 16.1 Å². The van der Waals surface area contributed by atoms with Crippen LogP contribution in [0, 0.1) is 0 Å². The third-order valence-corrected chi connectivity index (χ3v) is 5.26. The molecule has 0 aliphatic carbocycles. The highest BCUT2D eigenvalue weighted by Gasteiger charge is 2.30. The van der Waals surface area contributed by atoms with Crippen molar-refractivity contribution in [1.29, 1.82) is 0 Å². The molecule has 2 aliphatic heterocycles. The van der Waals surface area contributed by atoms with Crippen LogP contribution in [0.4, 0.5) is 0 Å². The number of hydrogen-bond donors (Lipinski definition) is 2. The zero-order valence-corrected chi connectivity index (χ0v) is 20.1. The van der Waals surface area contributed by atoms with Gasteiger partial charge in [0.25, 0.3) is 11.8 Å². The van der Waals surface area contributed by atoms with Crippen molar-refractivity contribution in [2.24, 2.45) is 4.99 Å². The number of nitrogens with one attached hydrogen (secondary N) is 2. The average Bonchev–Trinajstić information content (AvgIpc) is 3.31. The molecule has 0 saturated carbocycles. The number of piperazine rings is 1. The highest BCUT2D eigenvalue weighted by atomic mass is 127. The molecule has 30 heavy (non-hydrogen) atoms. The zero-order valence-electron chi connectivity index (χ0n) is 17.7. The van der Waals surface area contributed by atoms with E-state index in [1.165, 1.54) is 0 Å². The van der Waals surface area contributed by atoms with E-state index >= 15 is 0 Å². The first kappa shape index (κ1) is 24.4. The first-order chi connectivity index (χ1) is 14.1. The lowest BCUT2D eigenvalue weighted by Crippen LogP contribution is -2.55. The van der Waals surface area contributed by atoms with Crippen LogP contribution in [0.15, 0.2) is 29.3 Å². The molecule has 9 heteroatoms. The van der Waals surface area contributed by atoms with Crippen LogP contribution >= 0.6 is 24.0 Å². The number of nitrogens with zero attached hydrogens (tertiary/aromatic N) is 3. The van der Waals surface area contributed by atoms with Crippen LogP contribution in [0.2, 0.25) is 0 Å². The Bertz CT molecular complexity index is 744. The third kappa shape index (κ3) is 6.31. The lowest BCUT2D eigenvalue weighted by molar-refractivity contribution is -0.142. The molecule has 2 amide bonds. The highest BCUT2D eigenvalue weighted by molar-refractivity contribution is 14.0. The normalized spacial score (nSPS) is 19.3. The van der Waals surface area contributed by atoms with Gasteiger partial charge in [0.15, 0.2) is 5.96 Å². The minimum atomic E-state index is -0.254. The highest BCUT2D eigenvalue weighted by Crippen LogP contribution is 2.16. The number of guanidine groups is 1. The average molecular weight is 529 g/mol. The summed E-state index contributed by atoms with van der Waals surface area (Å²) in [6.07, 6.45) is 1.54. The Labute approximate surface area is 195 Å². The first-order valence-corrected chi connectivity index (χ1v) is 10.4. The predicted molar refractivity (Wildman–Crippen MR) is 127 cm³/mol. The summed E-state index contributed by atoms with van der Waals surface area (Å²) in [6, 6.07) is 7.50. The van der Waals surface area contributed by atoms with Gasteiger partial charge in [-0.05, 0) is 37.5 Å². The van der Waals surface area contributed by atoms with Crippen molar-refractivity contribution in [2.45, 2.75) is 32.4 Å². The minimum absolute atomic E-state index is 0. The van der Waals surface area contributed by atoms with Gasteiger partial charge in [-0.3, -0.25) is 9.59 Å². The second-order valence-electron chi connectivity index (χ2n) is 7.26. The van der Waals surface area contributed by atoms with Crippen LogP contribution < -0.4 is 10.6 Å². The van der Waals surface area contributed by atoms with Gasteiger partial charge in [-0.2, -0.15) is 0 Å². The quantitative estimate of drug-likeness (QED) is 0.343. The van der Waals surface area contributed by atoms with E-state index in [4.69, 9.17) is 9.73 Å². The molecule has 2 heterocycles. The van der Waals surface area contributed by atoms with Crippen LogP contribution in [0.5, 0.6) is 0 Å². The van der Waals surface area contributed by atoms with Gasteiger partial charge < -0.3 is 25.2 Å². The Kier molecular flexibility index (Phi) is 9.83.